The van der Waals surface area contributed by atoms with Crippen molar-refractivity contribution >= 4 is 10.8 Å². The molecule has 0 aliphatic heterocycles. The Morgan fingerprint density at radius 2 is 1.94 bits per heavy atom. The van der Waals surface area contributed by atoms with E-state index >= 15 is 0 Å². The van der Waals surface area contributed by atoms with Gasteiger partial charge in [0, 0.05) is 5.56 Å². The van der Waals surface area contributed by atoms with Crippen LogP contribution in [0.5, 0.6) is 0 Å². The summed E-state index contributed by atoms with van der Waals surface area (Å²) in [5, 5.41) is 9.28. The standard InChI is InChI=1S/C14H13N3O/c1-15-9-13-16-14(18-17-13)12-7-6-10-4-2-3-5-11(10)8-12/h2-8,15H,9H2,1H3. The normalized spacial score (nSPS) is 10.9. The minimum atomic E-state index is 0.561. The van der Waals surface area contributed by atoms with Crippen LogP contribution in [-0.4, -0.2) is 17.2 Å². The lowest BCUT2D eigenvalue weighted by molar-refractivity contribution is 0.421. The Morgan fingerprint density at radius 1 is 1.11 bits per heavy atom. The predicted molar refractivity (Wildman–Crippen MR) is 70.0 cm³/mol. The second kappa shape index (κ2) is 4.58. The number of nitrogens with zero attached hydrogens (tertiary/aromatic N) is 2. The van der Waals surface area contributed by atoms with E-state index < -0.39 is 0 Å². The zero-order valence-corrected chi connectivity index (χ0v) is 10.1. The van der Waals surface area contributed by atoms with Gasteiger partial charge in [0.25, 0.3) is 5.89 Å². The van der Waals surface area contributed by atoms with Gasteiger partial charge in [0.1, 0.15) is 0 Å². The van der Waals surface area contributed by atoms with E-state index in [-0.39, 0.29) is 0 Å². The molecule has 4 nitrogen and oxygen atoms in total. The Morgan fingerprint density at radius 3 is 2.78 bits per heavy atom. The van der Waals surface area contributed by atoms with E-state index in [4.69, 9.17) is 4.52 Å². The molecule has 2 aromatic carbocycles. The van der Waals surface area contributed by atoms with Crippen molar-refractivity contribution in [3.63, 3.8) is 0 Å². The molecular weight excluding hydrogens is 226 g/mol. The van der Waals surface area contributed by atoms with Gasteiger partial charge in [0.15, 0.2) is 5.82 Å². The van der Waals surface area contributed by atoms with E-state index in [1.165, 1.54) is 10.8 Å². The molecule has 0 aliphatic rings. The lowest BCUT2D eigenvalue weighted by Crippen LogP contribution is -2.06. The van der Waals surface area contributed by atoms with Gasteiger partial charge in [-0.15, -0.1) is 0 Å². The number of aromatic nitrogens is 2. The first-order valence-corrected chi connectivity index (χ1v) is 5.83. The van der Waals surface area contributed by atoms with Gasteiger partial charge < -0.3 is 9.84 Å². The molecule has 3 rings (SSSR count). The summed E-state index contributed by atoms with van der Waals surface area (Å²) in [4.78, 5) is 4.34. The van der Waals surface area contributed by atoms with Crippen molar-refractivity contribution in [1.29, 1.82) is 0 Å². The molecule has 0 saturated heterocycles. The molecule has 0 amide bonds. The van der Waals surface area contributed by atoms with E-state index in [1.807, 2.05) is 25.2 Å². The number of benzene rings is 2. The van der Waals surface area contributed by atoms with Gasteiger partial charge in [-0.1, -0.05) is 35.5 Å². The van der Waals surface area contributed by atoms with Gasteiger partial charge in [-0.25, -0.2) is 0 Å². The van der Waals surface area contributed by atoms with E-state index in [0.29, 0.717) is 18.3 Å². The number of rotatable bonds is 3. The molecule has 0 radical (unpaired) electrons. The van der Waals surface area contributed by atoms with Crippen LogP contribution in [0.2, 0.25) is 0 Å². The summed E-state index contributed by atoms with van der Waals surface area (Å²) in [7, 11) is 1.85. The molecule has 0 aliphatic carbocycles. The maximum atomic E-state index is 5.25. The van der Waals surface area contributed by atoms with Crippen molar-refractivity contribution in [3.05, 3.63) is 48.3 Å². The Bertz CT molecular complexity index is 675. The van der Waals surface area contributed by atoms with Crippen molar-refractivity contribution in [1.82, 2.24) is 15.5 Å². The van der Waals surface area contributed by atoms with Crippen LogP contribution in [0, 0.1) is 0 Å². The Balaban J connectivity index is 2.02. The van der Waals surface area contributed by atoms with Gasteiger partial charge >= 0.3 is 0 Å². The molecule has 0 spiro atoms. The lowest BCUT2D eigenvalue weighted by Gasteiger charge is -1.98. The summed E-state index contributed by atoms with van der Waals surface area (Å²) in [5.41, 5.74) is 0.948. The summed E-state index contributed by atoms with van der Waals surface area (Å²) in [6.45, 7) is 0.608. The van der Waals surface area contributed by atoms with Crippen molar-refractivity contribution in [2.24, 2.45) is 0 Å². The molecule has 0 unspecified atom stereocenters. The highest BCUT2D eigenvalue weighted by molar-refractivity contribution is 5.86. The number of nitrogens with one attached hydrogen (secondary N) is 1. The Kier molecular flexibility index (Phi) is 2.78. The SMILES string of the molecule is CNCc1noc(-c2ccc3ccccc3c2)n1. The van der Waals surface area contributed by atoms with Crippen LogP contribution in [0.4, 0.5) is 0 Å². The average molecular weight is 239 g/mol. The second-order valence-corrected chi connectivity index (χ2v) is 4.11. The third kappa shape index (κ3) is 1.98. The first-order chi connectivity index (χ1) is 8.86. The molecule has 3 aromatic rings. The highest BCUT2D eigenvalue weighted by Crippen LogP contribution is 2.22. The predicted octanol–water partition coefficient (Wildman–Crippen LogP) is 2.61. The van der Waals surface area contributed by atoms with Gasteiger partial charge in [0.2, 0.25) is 0 Å². The maximum Gasteiger partial charge on any atom is 0.257 e. The van der Waals surface area contributed by atoms with Gasteiger partial charge in [0.05, 0.1) is 6.54 Å². The molecule has 1 N–H and O–H groups in total. The number of hydrogen-bond acceptors (Lipinski definition) is 4. The zero-order chi connectivity index (χ0) is 12.4. The minimum Gasteiger partial charge on any atom is -0.334 e. The fourth-order valence-corrected chi connectivity index (χ4v) is 1.92. The Hall–Kier alpha value is -2.20. The van der Waals surface area contributed by atoms with Crippen LogP contribution in [0.3, 0.4) is 0 Å². The quantitative estimate of drug-likeness (QED) is 0.763. The molecule has 4 heteroatoms. The molecule has 1 heterocycles. The van der Waals surface area contributed by atoms with Crippen LogP contribution in [0.25, 0.3) is 22.2 Å². The van der Waals surface area contributed by atoms with E-state index in [0.717, 1.165) is 5.56 Å². The van der Waals surface area contributed by atoms with Crippen LogP contribution < -0.4 is 5.32 Å². The first kappa shape index (κ1) is 10.9. The molecule has 0 atom stereocenters. The number of hydrogen-bond donors (Lipinski definition) is 1. The molecule has 90 valence electrons. The summed E-state index contributed by atoms with van der Waals surface area (Å²) in [6.07, 6.45) is 0. The topological polar surface area (TPSA) is 51.0 Å². The molecule has 0 saturated carbocycles. The third-order valence-electron chi connectivity index (χ3n) is 2.80. The highest BCUT2D eigenvalue weighted by atomic mass is 16.5. The van der Waals surface area contributed by atoms with Crippen LogP contribution in [0.15, 0.2) is 47.0 Å². The highest BCUT2D eigenvalue weighted by Gasteiger charge is 2.08. The molecule has 0 bridgehead atoms. The third-order valence-corrected chi connectivity index (χ3v) is 2.80. The van der Waals surface area contributed by atoms with Gasteiger partial charge in [-0.05, 0) is 30.0 Å². The van der Waals surface area contributed by atoms with Crippen LogP contribution >= 0.6 is 0 Å². The summed E-state index contributed by atoms with van der Waals surface area (Å²) >= 11 is 0. The Labute approximate surface area is 105 Å². The summed E-state index contributed by atoms with van der Waals surface area (Å²) in [5.74, 6) is 1.23. The minimum absolute atomic E-state index is 0.561. The fraction of sp³-hybridized carbons (Fsp3) is 0.143. The van der Waals surface area contributed by atoms with Crippen molar-refractivity contribution in [2.45, 2.75) is 6.54 Å². The smallest absolute Gasteiger partial charge is 0.257 e. The molecular formula is C14H13N3O. The zero-order valence-electron chi connectivity index (χ0n) is 10.1. The fourth-order valence-electron chi connectivity index (χ4n) is 1.92. The second-order valence-electron chi connectivity index (χ2n) is 4.11. The summed E-state index contributed by atoms with van der Waals surface area (Å²) in [6, 6.07) is 14.3. The maximum absolute atomic E-state index is 5.25. The van der Waals surface area contributed by atoms with Gasteiger partial charge in [-0.2, -0.15) is 4.98 Å². The summed E-state index contributed by atoms with van der Waals surface area (Å²) < 4.78 is 5.25. The van der Waals surface area contributed by atoms with Crippen molar-refractivity contribution in [3.8, 4) is 11.5 Å². The molecule has 18 heavy (non-hydrogen) atoms. The lowest BCUT2D eigenvalue weighted by atomic mass is 10.1. The van der Waals surface area contributed by atoms with Crippen LogP contribution in [-0.2, 0) is 6.54 Å². The number of fused-ring (bicyclic) bond motifs is 1. The average Bonchev–Trinajstić information content (AvgIpc) is 2.87. The largest absolute Gasteiger partial charge is 0.334 e. The van der Waals surface area contributed by atoms with E-state index in [1.54, 1.807) is 0 Å². The van der Waals surface area contributed by atoms with E-state index in [9.17, 15) is 0 Å². The molecule has 0 fully saturated rings. The van der Waals surface area contributed by atoms with Crippen LogP contribution in [0.1, 0.15) is 5.82 Å². The molecule has 1 aromatic heterocycles. The van der Waals surface area contributed by atoms with E-state index in [2.05, 4.69) is 39.7 Å². The van der Waals surface area contributed by atoms with Crippen molar-refractivity contribution in [2.75, 3.05) is 7.05 Å². The first-order valence-electron chi connectivity index (χ1n) is 5.83. The van der Waals surface area contributed by atoms with Crippen molar-refractivity contribution < 1.29 is 4.52 Å². The monoisotopic (exact) mass is 239 g/mol. The van der Waals surface area contributed by atoms with Gasteiger partial charge in [-0.3, -0.25) is 0 Å².